The Morgan fingerprint density at radius 3 is 1.92 bits per heavy atom. The Kier molecular flexibility index (Phi) is 5.27. The molecule has 0 aliphatic rings. The van der Waals surface area contributed by atoms with Crippen LogP contribution in [0, 0.1) is 0 Å². The average molecular weight is 329 g/mol. The van der Waals surface area contributed by atoms with E-state index >= 15 is 0 Å². The Balaban J connectivity index is 1.63. The second kappa shape index (κ2) is 7.97. The fraction of sp³-hybridized carbons (Fsp3) is 0.0455. The molecule has 3 aromatic rings. The van der Waals surface area contributed by atoms with Crippen LogP contribution in [0.15, 0.2) is 78.9 Å². The molecule has 0 atom stereocenters. The molecule has 1 N–H and O–H groups in total. The third-order valence-electron chi connectivity index (χ3n) is 3.79. The molecule has 0 saturated heterocycles. The van der Waals surface area contributed by atoms with Crippen molar-refractivity contribution in [3.05, 3.63) is 95.6 Å². The van der Waals surface area contributed by atoms with E-state index in [0.29, 0.717) is 5.56 Å². The third kappa shape index (κ3) is 4.58. The number of amides is 1. The van der Waals surface area contributed by atoms with Gasteiger partial charge in [0.2, 0.25) is 0 Å². The molecule has 1 amide bonds. The maximum Gasteiger partial charge on any atom is 0.255 e. The van der Waals surface area contributed by atoms with Gasteiger partial charge in [-0.15, -0.1) is 0 Å². The molecule has 3 heteroatoms. The lowest BCUT2D eigenvalue weighted by molar-refractivity contribution is 0.102. The second-order valence-electron chi connectivity index (χ2n) is 5.55. The zero-order valence-corrected chi connectivity index (χ0v) is 14.0. The first-order chi connectivity index (χ1) is 12.2. The summed E-state index contributed by atoms with van der Waals surface area (Å²) < 4.78 is 5.15. The van der Waals surface area contributed by atoms with E-state index in [1.54, 1.807) is 19.2 Å². The Hall–Kier alpha value is -3.33. The summed E-state index contributed by atoms with van der Waals surface area (Å²) in [4.78, 5) is 12.1. The summed E-state index contributed by atoms with van der Waals surface area (Å²) in [5, 5.41) is 2.89. The lowest BCUT2D eigenvalue weighted by Gasteiger charge is -2.05. The normalized spacial score (nSPS) is 10.6. The van der Waals surface area contributed by atoms with Gasteiger partial charge in [-0.3, -0.25) is 4.79 Å². The molecule has 25 heavy (non-hydrogen) atoms. The molecule has 0 radical (unpaired) electrons. The number of carbonyl (C=O) groups is 1. The Labute approximate surface area is 147 Å². The smallest absolute Gasteiger partial charge is 0.255 e. The van der Waals surface area contributed by atoms with Crippen LogP contribution in [0.5, 0.6) is 5.75 Å². The molecular weight excluding hydrogens is 310 g/mol. The van der Waals surface area contributed by atoms with Crippen LogP contribution in [0.1, 0.15) is 21.5 Å². The highest BCUT2D eigenvalue weighted by atomic mass is 16.5. The van der Waals surface area contributed by atoms with Gasteiger partial charge >= 0.3 is 0 Å². The van der Waals surface area contributed by atoms with Crippen molar-refractivity contribution >= 4 is 23.7 Å². The summed E-state index contributed by atoms with van der Waals surface area (Å²) in [7, 11) is 1.66. The molecule has 3 rings (SSSR count). The highest BCUT2D eigenvalue weighted by Crippen LogP contribution is 2.16. The Morgan fingerprint density at radius 2 is 1.36 bits per heavy atom. The van der Waals surface area contributed by atoms with Crippen LogP contribution in [-0.2, 0) is 0 Å². The van der Waals surface area contributed by atoms with E-state index < -0.39 is 0 Å². The van der Waals surface area contributed by atoms with Crippen molar-refractivity contribution in [1.82, 2.24) is 0 Å². The highest BCUT2D eigenvalue weighted by Gasteiger charge is 2.04. The molecule has 0 unspecified atom stereocenters. The van der Waals surface area contributed by atoms with E-state index in [0.717, 1.165) is 22.6 Å². The lowest BCUT2D eigenvalue weighted by atomic mass is 10.1. The number of benzene rings is 3. The highest BCUT2D eigenvalue weighted by molar-refractivity contribution is 6.04. The topological polar surface area (TPSA) is 38.3 Å². The molecule has 0 aromatic heterocycles. The fourth-order valence-electron chi connectivity index (χ4n) is 2.38. The molecule has 0 aliphatic carbocycles. The maximum absolute atomic E-state index is 12.1. The zero-order chi connectivity index (χ0) is 17.5. The molecule has 3 nitrogen and oxygen atoms in total. The van der Waals surface area contributed by atoms with Gasteiger partial charge < -0.3 is 10.1 Å². The summed E-state index contributed by atoms with van der Waals surface area (Å²) in [5.41, 5.74) is 3.58. The Morgan fingerprint density at radius 1 is 0.800 bits per heavy atom. The predicted octanol–water partition coefficient (Wildman–Crippen LogP) is 5.12. The van der Waals surface area contributed by atoms with Crippen molar-refractivity contribution in [2.45, 2.75) is 0 Å². The van der Waals surface area contributed by atoms with Gasteiger partial charge in [-0.2, -0.15) is 0 Å². The van der Waals surface area contributed by atoms with Gasteiger partial charge in [0.05, 0.1) is 7.11 Å². The van der Waals surface area contributed by atoms with Crippen LogP contribution in [0.3, 0.4) is 0 Å². The number of ether oxygens (including phenoxy) is 1. The van der Waals surface area contributed by atoms with E-state index in [2.05, 4.69) is 5.32 Å². The molecule has 0 aliphatic heterocycles. The first-order valence-electron chi connectivity index (χ1n) is 8.03. The number of carbonyl (C=O) groups excluding carboxylic acids is 1. The summed E-state index contributed by atoms with van der Waals surface area (Å²) in [6, 6.07) is 24.8. The van der Waals surface area contributed by atoms with Crippen LogP contribution in [-0.4, -0.2) is 13.0 Å². The molecule has 0 spiro atoms. The van der Waals surface area contributed by atoms with Crippen LogP contribution < -0.4 is 10.1 Å². The minimum atomic E-state index is -0.109. The summed E-state index contributed by atoms with van der Waals surface area (Å²) in [6.45, 7) is 0. The number of nitrogens with one attached hydrogen (secondary N) is 1. The van der Waals surface area contributed by atoms with Crippen molar-refractivity contribution in [3.63, 3.8) is 0 Å². The van der Waals surface area contributed by atoms with Gasteiger partial charge in [0, 0.05) is 11.3 Å². The van der Waals surface area contributed by atoms with Crippen LogP contribution in [0.4, 0.5) is 5.69 Å². The quantitative estimate of drug-likeness (QED) is 0.660. The minimum Gasteiger partial charge on any atom is -0.497 e. The van der Waals surface area contributed by atoms with E-state index in [-0.39, 0.29) is 5.91 Å². The molecule has 0 heterocycles. The number of anilines is 1. The Bertz CT molecular complexity index is 851. The molecule has 0 bridgehead atoms. The standard InChI is InChI=1S/C22H19NO2/c1-25-21-15-11-18(12-16-21)8-7-17-9-13-20(14-10-17)23-22(24)19-5-3-2-4-6-19/h2-16H,1H3,(H,23,24)/b8-7+. The van der Waals surface area contributed by atoms with Gasteiger partial charge in [-0.1, -0.05) is 54.6 Å². The average Bonchev–Trinajstić information content (AvgIpc) is 2.68. The maximum atomic E-state index is 12.1. The first-order valence-corrected chi connectivity index (χ1v) is 8.03. The number of rotatable bonds is 5. The minimum absolute atomic E-state index is 0.109. The van der Waals surface area contributed by atoms with Crippen molar-refractivity contribution in [2.75, 3.05) is 12.4 Å². The van der Waals surface area contributed by atoms with E-state index in [9.17, 15) is 4.79 Å². The van der Waals surface area contributed by atoms with Gasteiger partial charge in [0.25, 0.3) is 5.91 Å². The van der Waals surface area contributed by atoms with E-state index in [1.807, 2.05) is 78.9 Å². The number of hydrogen-bond acceptors (Lipinski definition) is 2. The van der Waals surface area contributed by atoms with Crippen LogP contribution >= 0.6 is 0 Å². The first kappa shape index (κ1) is 16.5. The third-order valence-corrected chi connectivity index (χ3v) is 3.79. The number of methoxy groups -OCH3 is 1. The molecule has 124 valence electrons. The fourth-order valence-corrected chi connectivity index (χ4v) is 2.38. The van der Waals surface area contributed by atoms with Gasteiger partial charge in [0.1, 0.15) is 5.75 Å². The second-order valence-corrected chi connectivity index (χ2v) is 5.55. The summed E-state index contributed by atoms with van der Waals surface area (Å²) in [5.74, 6) is 0.734. The van der Waals surface area contributed by atoms with E-state index in [4.69, 9.17) is 4.74 Å². The van der Waals surface area contributed by atoms with Crippen molar-refractivity contribution in [2.24, 2.45) is 0 Å². The monoisotopic (exact) mass is 329 g/mol. The van der Waals surface area contributed by atoms with Crippen molar-refractivity contribution < 1.29 is 9.53 Å². The molecule has 3 aromatic carbocycles. The summed E-state index contributed by atoms with van der Waals surface area (Å²) in [6.07, 6.45) is 4.07. The van der Waals surface area contributed by atoms with Gasteiger partial charge in [0.15, 0.2) is 0 Å². The van der Waals surface area contributed by atoms with Crippen molar-refractivity contribution in [3.8, 4) is 5.75 Å². The molecule has 0 fully saturated rings. The largest absolute Gasteiger partial charge is 0.497 e. The predicted molar refractivity (Wildman–Crippen MR) is 103 cm³/mol. The SMILES string of the molecule is COc1ccc(/C=C/c2ccc(NC(=O)c3ccccc3)cc2)cc1. The molecule has 0 saturated carbocycles. The van der Waals surface area contributed by atoms with E-state index in [1.165, 1.54) is 0 Å². The zero-order valence-electron chi connectivity index (χ0n) is 14.0. The van der Waals surface area contributed by atoms with Crippen LogP contribution in [0.25, 0.3) is 12.2 Å². The summed E-state index contributed by atoms with van der Waals surface area (Å²) >= 11 is 0. The van der Waals surface area contributed by atoms with Gasteiger partial charge in [-0.25, -0.2) is 0 Å². The lowest BCUT2D eigenvalue weighted by Crippen LogP contribution is -2.11. The van der Waals surface area contributed by atoms with Crippen molar-refractivity contribution in [1.29, 1.82) is 0 Å². The van der Waals surface area contributed by atoms with Crippen LogP contribution in [0.2, 0.25) is 0 Å². The molecular formula is C22H19NO2. The van der Waals surface area contributed by atoms with Gasteiger partial charge in [-0.05, 0) is 47.5 Å². The number of hydrogen-bond donors (Lipinski definition) is 1.